The molecule has 2 amide bonds. The van der Waals surface area contributed by atoms with Crippen molar-refractivity contribution < 1.29 is 4.79 Å². The molecule has 0 unspecified atom stereocenters. The number of likely N-dealkylation sites (tertiary alicyclic amines) is 1. The number of nitrogens with one attached hydrogen (secondary N) is 1. The average molecular weight is 398 g/mol. The van der Waals surface area contributed by atoms with Gasteiger partial charge in [0, 0.05) is 30.2 Å². The molecule has 0 spiro atoms. The molecule has 9 heteroatoms. The molecule has 3 aromatic rings. The van der Waals surface area contributed by atoms with Crippen LogP contribution >= 0.6 is 11.3 Å². The maximum Gasteiger partial charge on any atom is 0.324 e. The van der Waals surface area contributed by atoms with Crippen molar-refractivity contribution in [3.63, 3.8) is 0 Å². The van der Waals surface area contributed by atoms with Gasteiger partial charge in [0.1, 0.15) is 10.0 Å². The second-order valence-electron chi connectivity index (χ2n) is 7.17. The Balaban J connectivity index is 1.51. The quantitative estimate of drug-likeness (QED) is 0.731. The zero-order valence-corrected chi connectivity index (χ0v) is 17.0. The maximum atomic E-state index is 12.6. The number of rotatable bonds is 3. The van der Waals surface area contributed by atoms with Crippen LogP contribution in [-0.4, -0.2) is 69.2 Å². The first-order chi connectivity index (χ1) is 13.5. The third-order valence-corrected chi connectivity index (χ3v) is 6.02. The van der Waals surface area contributed by atoms with Gasteiger partial charge < -0.3 is 9.80 Å². The predicted molar refractivity (Wildman–Crippen MR) is 110 cm³/mol. The fraction of sp³-hybridized carbons (Fsp3) is 0.421. The van der Waals surface area contributed by atoms with Gasteiger partial charge in [-0.3, -0.25) is 5.32 Å². The lowest BCUT2D eigenvalue weighted by Gasteiger charge is -2.34. The summed E-state index contributed by atoms with van der Waals surface area (Å²) in [6.07, 6.45) is 3.68. The molecule has 2 aromatic heterocycles. The van der Waals surface area contributed by atoms with Crippen molar-refractivity contribution in [3.05, 3.63) is 29.4 Å². The maximum absolute atomic E-state index is 12.6. The minimum absolute atomic E-state index is 0.176. The molecule has 3 heterocycles. The molecule has 1 N–H and O–H groups in total. The van der Waals surface area contributed by atoms with Gasteiger partial charge in [-0.1, -0.05) is 23.5 Å². The van der Waals surface area contributed by atoms with Gasteiger partial charge >= 0.3 is 6.03 Å². The number of hydrogen-bond donors (Lipinski definition) is 1. The van der Waals surface area contributed by atoms with E-state index in [9.17, 15) is 4.79 Å². The van der Waals surface area contributed by atoms with Crippen LogP contribution in [-0.2, 0) is 0 Å². The van der Waals surface area contributed by atoms with Crippen LogP contribution in [0, 0.1) is 6.92 Å². The highest BCUT2D eigenvalue weighted by molar-refractivity contribution is 7.14. The third-order valence-electron chi connectivity index (χ3n) is 5.13. The van der Waals surface area contributed by atoms with E-state index in [1.807, 2.05) is 32.2 Å². The number of urea groups is 1. The Hall–Kier alpha value is -2.65. The lowest BCUT2D eigenvalue weighted by molar-refractivity contribution is 0.156. The Morgan fingerprint density at radius 3 is 2.79 bits per heavy atom. The molecule has 146 valence electrons. The van der Waals surface area contributed by atoms with E-state index in [2.05, 4.69) is 37.4 Å². The number of anilines is 1. The number of fused-ring (bicyclic) bond motifs is 1. The smallest absolute Gasteiger partial charge is 0.324 e. The number of benzene rings is 1. The van der Waals surface area contributed by atoms with Crippen LogP contribution in [0.25, 0.3) is 21.5 Å². The van der Waals surface area contributed by atoms with E-state index in [4.69, 9.17) is 0 Å². The van der Waals surface area contributed by atoms with Crippen molar-refractivity contribution >= 4 is 34.2 Å². The second kappa shape index (κ2) is 7.76. The molecule has 1 aromatic carbocycles. The molecule has 1 aliphatic rings. The molecule has 28 heavy (non-hydrogen) atoms. The van der Waals surface area contributed by atoms with E-state index in [-0.39, 0.29) is 12.1 Å². The standard InChI is InChI=1S/C19H23N7OS/c1-12-23-24-17(28-12)13-4-5-14-11-20-18(21-16(14)10-13)22-19(27)26(3)15-6-8-25(2)9-7-15/h4-5,10-11,15H,6-9H2,1-3H3,(H,20,21,22,27). The number of piperidine rings is 1. The van der Waals surface area contributed by atoms with Gasteiger partial charge in [0.05, 0.1) is 5.52 Å². The zero-order valence-electron chi connectivity index (χ0n) is 16.2. The summed E-state index contributed by atoms with van der Waals surface area (Å²) in [5, 5.41) is 13.8. The Kier molecular flexibility index (Phi) is 5.19. The fourth-order valence-corrected chi connectivity index (χ4v) is 4.05. The van der Waals surface area contributed by atoms with Crippen LogP contribution in [0.15, 0.2) is 24.4 Å². The van der Waals surface area contributed by atoms with Crippen molar-refractivity contribution in [1.82, 2.24) is 30.0 Å². The monoisotopic (exact) mass is 397 g/mol. The van der Waals surface area contributed by atoms with Gasteiger partial charge in [-0.05, 0) is 46.0 Å². The molecular weight excluding hydrogens is 374 g/mol. The first-order valence-electron chi connectivity index (χ1n) is 9.29. The van der Waals surface area contributed by atoms with Crippen LogP contribution in [0.2, 0.25) is 0 Å². The minimum Gasteiger partial charge on any atom is -0.324 e. The SMILES string of the molecule is Cc1nnc(-c2ccc3cnc(NC(=O)N(C)C4CCN(C)CC4)nc3c2)s1. The van der Waals surface area contributed by atoms with Crippen molar-refractivity contribution in [2.45, 2.75) is 25.8 Å². The molecule has 0 bridgehead atoms. The summed E-state index contributed by atoms with van der Waals surface area (Å²) in [4.78, 5) is 25.5. The van der Waals surface area contributed by atoms with Gasteiger partial charge in [0.25, 0.3) is 0 Å². The van der Waals surface area contributed by atoms with Crippen LogP contribution < -0.4 is 5.32 Å². The van der Waals surface area contributed by atoms with Gasteiger partial charge in [-0.15, -0.1) is 10.2 Å². The molecule has 1 aliphatic heterocycles. The lowest BCUT2D eigenvalue weighted by Crippen LogP contribution is -2.46. The van der Waals surface area contributed by atoms with E-state index in [0.717, 1.165) is 52.4 Å². The lowest BCUT2D eigenvalue weighted by atomic mass is 10.0. The number of aromatic nitrogens is 4. The van der Waals surface area contributed by atoms with E-state index < -0.39 is 0 Å². The van der Waals surface area contributed by atoms with Crippen LogP contribution in [0.5, 0.6) is 0 Å². The number of aryl methyl sites for hydroxylation is 1. The highest BCUT2D eigenvalue weighted by atomic mass is 32.1. The summed E-state index contributed by atoms with van der Waals surface area (Å²) in [5.41, 5.74) is 1.72. The Morgan fingerprint density at radius 2 is 2.07 bits per heavy atom. The van der Waals surface area contributed by atoms with E-state index in [1.54, 1.807) is 11.1 Å². The molecule has 1 fully saturated rings. The van der Waals surface area contributed by atoms with Gasteiger partial charge in [-0.25, -0.2) is 14.8 Å². The van der Waals surface area contributed by atoms with Gasteiger partial charge in [0.2, 0.25) is 5.95 Å². The van der Waals surface area contributed by atoms with Gasteiger partial charge in [0.15, 0.2) is 0 Å². The van der Waals surface area contributed by atoms with Crippen molar-refractivity contribution in [2.24, 2.45) is 0 Å². The number of carbonyl (C=O) groups excluding carboxylic acids is 1. The summed E-state index contributed by atoms with van der Waals surface area (Å²) in [5.74, 6) is 0.308. The number of carbonyl (C=O) groups is 1. The number of nitrogens with zero attached hydrogens (tertiary/aromatic N) is 6. The molecule has 0 atom stereocenters. The summed E-state index contributed by atoms with van der Waals surface area (Å²) >= 11 is 1.54. The average Bonchev–Trinajstić information content (AvgIpc) is 3.14. The Labute approximate surface area is 167 Å². The molecule has 4 rings (SSSR count). The van der Waals surface area contributed by atoms with Crippen LogP contribution in [0.1, 0.15) is 17.8 Å². The van der Waals surface area contributed by atoms with E-state index in [0.29, 0.717) is 5.95 Å². The first-order valence-corrected chi connectivity index (χ1v) is 10.1. The summed E-state index contributed by atoms with van der Waals surface area (Å²) < 4.78 is 0. The van der Waals surface area contributed by atoms with Gasteiger partial charge in [-0.2, -0.15) is 0 Å². The van der Waals surface area contributed by atoms with E-state index >= 15 is 0 Å². The molecule has 0 aliphatic carbocycles. The molecule has 0 saturated carbocycles. The van der Waals surface area contributed by atoms with Crippen LogP contribution in [0.3, 0.4) is 0 Å². The first kappa shape index (κ1) is 18.7. The second-order valence-corrected chi connectivity index (χ2v) is 8.35. The molecule has 8 nitrogen and oxygen atoms in total. The summed E-state index contributed by atoms with van der Waals surface area (Å²) in [6, 6.07) is 5.96. The largest absolute Gasteiger partial charge is 0.324 e. The Bertz CT molecular complexity index is 997. The highest BCUT2D eigenvalue weighted by Gasteiger charge is 2.24. The predicted octanol–water partition coefficient (Wildman–Crippen LogP) is 3.01. The Morgan fingerprint density at radius 1 is 1.29 bits per heavy atom. The summed E-state index contributed by atoms with van der Waals surface area (Å²) in [7, 11) is 3.94. The third kappa shape index (κ3) is 3.95. The topological polar surface area (TPSA) is 87.1 Å². The molecule has 0 radical (unpaired) electrons. The fourth-order valence-electron chi connectivity index (χ4n) is 3.36. The highest BCUT2D eigenvalue weighted by Crippen LogP contribution is 2.26. The normalized spacial score (nSPS) is 15.7. The molecule has 1 saturated heterocycles. The zero-order chi connectivity index (χ0) is 19.7. The summed E-state index contributed by atoms with van der Waals surface area (Å²) in [6.45, 7) is 3.93. The van der Waals surface area contributed by atoms with Crippen molar-refractivity contribution in [2.75, 3.05) is 32.5 Å². The minimum atomic E-state index is -0.176. The number of amides is 2. The van der Waals surface area contributed by atoms with Crippen LogP contribution in [0.4, 0.5) is 10.7 Å². The molecular formula is C19H23N7OS. The van der Waals surface area contributed by atoms with Crippen molar-refractivity contribution in [1.29, 1.82) is 0 Å². The van der Waals surface area contributed by atoms with E-state index in [1.165, 1.54) is 11.3 Å². The number of hydrogen-bond acceptors (Lipinski definition) is 7. The van der Waals surface area contributed by atoms with Crippen molar-refractivity contribution in [3.8, 4) is 10.6 Å².